The summed E-state index contributed by atoms with van der Waals surface area (Å²) in [5, 5.41) is 0. The van der Waals surface area contributed by atoms with Crippen LogP contribution < -0.4 is 0 Å². The second-order valence-corrected chi connectivity index (χ2v) is 7.17. The molecule has 0 N–H and O–H groups in total. The standard InChI is InChI=1S/C19H20F5N/c1-19(2,3)12-7-5-11(6-8-12)9-25(4)10-13-14(20)16(22)18(24)17(23)15(13)21/h5-8H,9-10H2,1-4H3. The number of hydrogen-bond acceptors (Lipinski definition) is 1. The SMILES string of the molecule is CN(Cc1ccc(C(C)(C)C)cc1)Cc1c(F)c(F)c(F)c(F)c1F. The van der Waals surface area contributed by atoms with Crippen molar-refractivity contribution in [3.05, 3.63) is 70.0 Å². The Labute approximate surface area is 144 Å². The van der Waals surface area contributed by atoms with Crippen molar-refractivity contribution >= 4 is 0 Å². The summed E-state index contributed by atoms with van der Waals surface area (Å²) < 4.78 is 67.1. The molecule has 0 saturated carbocycles. The van der Waals surface area contributed by atoms with E-state index < -0.39 is 41.2 Å². The molecule has 0 amide bonds. The van der Waals surface area contributed by atoms with Gasteiger partial charge in [0.2, 0.25) is 5.82 Å². The minimum absolute atomic E-state index is 0.000145. The van der Waals surface area contributed by atoms with Crippen LogP contribution in [-0.2, 0) is 18.5 Å². The fourth-order valence-electron chi connectivity index (χ4n) is 2.54. The first-order chi connectivity index (χ1) is 11.5. The summed E-state index contributed by atoms with van der Waals surface area (Å²) in [4.78, 5) is 1.49. The average Bonchev–Trinajstić information content (AvgIpc) is 2.55. The van der Waals surface area contributed by atoms with Gasteiger partial charge in [0.15, 0.2) is 23.3 Å². The molecule has 0 atom stereocenters. The second-order valence-electron chi connectivity index (χ2n) is 7.17. The highest BCUT2D eigenvalue weighted by Crippen LogP contribution is 2.25. The lowest BCUT2D eigenvalue weighted by Gasteiger charge is -2.21. The Morgan fingerprint density at radius 3 is 1.60 bits per heavy atom. The van der Waals surface area contributed by atoms with Gasteiger partial charge in [0, 0.05) is 18.7 Å². The van der Waals surface area contributed by atoms with E-state index in [0.29, 0.717) is 6.54 Å². The van der Waals surface area contributed by atoms with Gasteiger partial charge in [-0.25, -0.2) is 22.0 Å². The maximum atomic E-state index is 13.7. The van der Waals surface area contributed by atoms with Crippen LogP contribution in [0.25, 0.3) is 0 Å². The highest BCUT2D eigenvalue weighted by atomic mass is 19.2. The molecule has 0 unspecified atom stereocenters. The third kappa shape index (κ3) is 4.18. The Hall–Kier alpha value is -1.95. The third-order valence-electron chi connectivity index (χ3n) is 4.00. The van der Waals surface area contributed by atoms with Crippen molar-refractivity contribution in [2.45, 2.75) is 39.3 Å². The lowest BCUT2D eigenvalue weighted by Crippen LogP contribution is -2.21. The van der Waals surface area contributed by atoms with Crippen LogP contribution in [0.2, 0.25) is 0 Å². The third-order valence-corrected chi connectivity index (χ3v) is 4.00. The molecule has 0 aliphatic rings. The van der Waals surface area contributed by atoms with Gasteiger partial charge in [-0.15, -0.1) is 0 Å². The Morgan fingerprint density at radius 1 is 0.720 bits per heavy atom. The van der Waals surface area contributed by atoms with E-state index in [1.54, 1.807) is 7.05 Å². The summed E-state index contributed by atoms with van der Waals surface area (Å²) >= 11 is 0. The Bertz CT molecular complexity index is 734. The predicted molar refractivity (Wildman–Crippen MR) is 86.5 cm³/mol. The van der Waals surface area contributed by atoms with Gasteiger partial charge in [0.1, 0.15) is 0 Å². The molecule has 0 aliphatic carbocycles. The lowest BCUT2D eigenvalue weighted by molar-refractivity contribution is 0.293. The van der Waals surface area contributed by atoms with Gasteiger partial charge in [-0.2, -0.15) is 0 Å². The van der Waals surface area contributed by atoms with Crippen LogP contribution in [0.1, 0.15) is 37.5 Å². The molecule has 0 radical (unpaired) electrons. The van der Waals surface area contributed by atoms with Crippen molar-refractivity contribution in [3.63, 3.8) is 0 Å². The number of hydrogen-bond donors (Lipinski definition) is 0. The van der Waals surface area contributed by atoms with Gasteiger partial charge in [-0.05, 0) is 23.6 Å². The van der Waals surface area contributed by atoms with Crippen LogP contribution >= 0.6 is 0 Å². The molecular formula is C19H20F5N. The summed E-state index contributed by atoms with van der Waals surface area (Å²) in [7, 11) is 1.55. The summed E-state index contributed by atoms with van der Waals surface area (Å²) in [5.41, 5.74) is 1.18. The van der Waals surface area contributed by atoms with Gasteiger partial charge >= 0.3 is 0 Å². The first-order valence-electron chi connectivity index (χ1n) is 7.80. The summed E-state index contributed by atoms with van der Waals surface area (Å²) in [5.74, 6) is -9.55. The number of nitrogens with zero attached hydrogens (tertiary/aromatic N) is 1. The van der Waals surface area contributed by atoms with E-state index in [4.69, 9.17) is 0 Å². The van der Waals surface area contributed by atoms with Gasteiger partial charge in [-0.3, -0.25) is 4.90 Å². The second kappa shape index (κ2) is 7.12. The van der Waals surface area contributed by atoms with Gasteiger partial charge in [-0.1, -0.05) is 45.0 Å². The largest absolute Gasteiger partial charge is 0.298 e. The van der Waals surface area contributed by atoms with E-state index in [0.717, 1.165) is 11.1 Å². The maximum absolute atomic E-state index is 13.7. The van der Waals surface area contributed by atoms with E-state index in [9.17, 15) is 22.0 Å². The van der Waals surface area contributed by atoms with E-state index >= 15 is 0 Å². The molecule has 2 aromatic rings. The van der Waals surface area contributed by atoms with E-state index in [-0.39, 0.29) is 5.41 Å². The summed E-state index contributed by atoms with van der Waals surface area (Å²) in [6.45, 7) is 6.16. The summed E-state index contributed by atoms with van der Waals surface area (Å²) in [6, 6.07) is 7.69. The molecule has 0 saturated heterocycles. The minimum atomic E-state index is -2.14. The van der Waals surface area contributed by atoms with Gasteiger partial charge in [0.05, 0.1) is 0 Å². The van der Waals surface area contributed by atoms with E-state index in [2.05, 4.69) is 20.8 Å². The molecule has 2 rings (SSSR count). The van der Waals surface area contributed by atoms with Crippen LogP contribution in [0.4, 0.5) is 22.0 Å². The van der Waals surface area contributed by atoms with Crippen LogP contribution in [-0.4, -0.2) is 11.9 Å². The molecule has 0 heterocycles. The smallest absolute Gasteiger partial charge is 0.200 e. The Morgan fingerprint density at radius 2 is 1.16 bits per heavy atom. The highest BCUT2D eigenvalue weighted by molar-refractivity contribution is 5.28. The monoisotopic (exact) mass is 357 g/mol. The van der Waals surface area contributed by atoms with Crippen molar-refractivity contribution in [3.8, 4) is 0 Å². The number of benzene rings is 2. The van der Waals surface area contributed by atoms with Crippen molar-refractivity contribution in [2.24, 2.45) is 0 Å². The zero-order valence-corrected chi connectivity index (χ0v) is 14.6. The topological polar surface area (TPSA) is 3.24 Å². The Balaban J connectivity index is 2.17. The molecule has 2 aromatic carbocycles. The number of rotatable bonds is 4. The first kappa shape index (κ1) is 19.4. The van der Waals surface area contributed by atoms with E-state index in [1.165, 1.54) is 4.90 Å². The molecule has 6 heteroatoms. The predicted octanol–water partition coefficient (Wildman–Crippen LogP) is 5.31. The van der Waals surface area contributed by atoms with Crippen LogP contribution in [0.5, 0.6) is 0 Å². The lowest BCUT2D eigenvalue weighted by atomic mass is 9.87. The summed E-state index contributed by atoms with van der Waals surface area (Å²) in [6.07, 6.45) is 0. The van der Waals surface area contributed by atoms with Gasteiger partial charge < -0.3 is 0 Å². The maximum Gasteiger partial charge on any atom is 0.200 e. The Kier molecular flexibility index (Phi) is 5.52. The van der Waals surface area contributed by atoms with E-state index in [1.807, 2.05) is 24.3 Å². The zero-order chi connectivity index (χ0) is 18.9. The normalized spacial score (nSPS) is 12.1. The molecule has 1 nitrogen and oxygen atoms in total. The molecule has 0 aliphatic heterocycles. The number of halogens is 5. The quantitative estimate of drug-likeness (QED) is 0.407. The van der Waals surface area contributed by atoms with Crippen molar-refractivity contribution < 1.29 is 22.0 Å². The van der Waals surface area contributed by atoms with Crippen molar-refractivity contribution in [1.29, 1.82) is 0 Å². The highest BCUT2D eigenvalue weighted by Gasteiger charge is 2.26. The molecule has 0 aromatic heterocycles. The van der Waals surface area contributed by atoms with Gasteiger partial charge in [0.25, 0.3) is 0 Å². The molecule has 0 spiro atoms. The van der Waals surface area contributed by atoms with Crippen LogP contribution in [0.3, 0.4) is 0 Å². The molecule has 0 bridgehead atoms. The fourth-order valence-corrected chi connectivity index (χ4v) is 2.54. The molecule has 0 fully saturated rings. The zero-order valence-electron chi connectivity index (χ0n) is 14.6. The van der Waals surface area contributed by atoms with Crippen molar-refractivity contribution in [1.82, 2.24) is 4.90 Å². The van der Waals surface area contributed by atoms with Crippen LogP contribution in [0, 0.1) is 29.1 Å². The molecular weight excluding hydrogens is 337 g/mol. The van der Waals surface area contributed by atoms with Crippen molar-refractivity contribution in [2.75, 3.05) is 7.05 Å². The first-order valence-corrected chi connectivity index (χ1v) is 7.80. The average molecular weight is 357 g/mol. The van der Waals surface area contributed by atoms with Crippen LogP contribution in [0.15, 0.2) is 24.3 Å². The molecule has 25 heavy (non-hydrogen) atoms. The molecule has 136 valence electrons. The minimum Gasteiger partial charge on any atom is -0.298 e. The fraction of sp³-hybridized carbons (Fsp3) is 0.368.